The number of aliphatic imine (C=N–C) groups is 1. The molecule has 0 radical (unpaired) electrons. The highest BCUT2D eigenvalue weighted by molar-refractivity contribution is 5.79. The molecular weight excluding hydrogens is 364 g/mol. The fraction of sp³-hybridized carbons (Fsp3) is 0.435. The monoisotopic (exact) mass is 398 g/mol. The van der Waals surface area contributed by atoms with Crippen LogP contribution in [0.3, 0.4) is 0 Å². The summed E-state index contributed by atoms with van der Waals surface area (Å²) in [5.41, 5.74) is 0.895. The lowest BCUT2D eigenvalue weighted by molar-refractivity contribution is 0.0617. The van der Waals surface area contributed by atoms with Crippen LogP contribution < -0.4 is 15.4 Å². The molecule has 6 nitrogen and oxygen atoms in total. The average Bonchev–Trinajstić information content (AvgIpc) is 2.71. The van der Waals surface area contributed by atoms with E-state index in [0.29, 0.717) is 25.7 Å². The van der Waals surface area contributed by atoms with Gasteiger partial charge in [0.15, 0.2) is 5.96 Å². The van der Waals surface area contributed by atoms with Crippen molar-refractivity contribution >= 4 is 5.96 Å². The summed E-state index contributed by atoms with van der Waals surface area (Å²) in [4.78, 5) is 6.77. The summed E-state index contributed by atoms with van der Waals surface area (Å²) in [5, 5.41) is 17.3. The van der Waals surface area contributed by atoms with Crippen LogP contribution in [0.15, 0.2) is 59.6 Å². The topological polar surface area (TPSA) is 69.1 Å². The van der Waals surface area contributed by atoms with Gasteiger partial charge in [0.25, 0.3) is 0 Å². The van der Waals surface area contributed by atoms with Crippen LogP contribution in [0.1, 0.15) is 25.0 Å². The third-order valence-corrected chi connectivity index (χ3v) is 4.52. The SMILES string of the molecule is CCNC(=NCc1ccccc1OCCN(C)C)NCC(C)(O)c1ccccc1. The molecule has 0 aliphatic rings. The van der Waals surface area contributed by atoms with Gasteiger partial charge in [-0.3, -0.25) is 0 Å². The van der Waals surface area contributed by atoms with E-state index < -0.39 is 5.60 Å². The van der Waals surface area contributed by atoms with Gasteiger partial charge in [-0.05, 0) is 39.6 Å². The van der Waals surface area contributed by atoms with E-state index in [1.165, 1.54) is 0 Å². The molecule has 0 fully saturated rings. The van der Waals surface area contributed by atoms with Crippen LogP contribution in [0.2, 0.25) is 0 Å². The number of ether oxygens (including phenoxy) is 1. The Morgan fingerprint density at radius 1 is 1.07 bits per heavy atom. The molecule has 1 atom stereocenters. The van der Waals surface area contributed by atoms with Gasteiger partial charge in [0.05, 0.1) is 13.1 Å². The molecule has 0 aromatic heterocycles. The number of aliphatic hydroxyl groups is 1. The van der Waals surface area contributed by atoms with Crippen LogP contribution in [0.25, 0.3) is 0 Å². The second-order valence-electron chi connectivity index (χ2n) is 7.45. The summed E-state index contributed by atoms with van der Waals surface area (Å²) in [7, 11) is 4.05. The molecule has 0 bridgehead atoms. The van der Waals surface area contributed by atoms with Gasteiger partial charge in [-0.2, -0.15) is 0 Å². The number of nitrogens with one attached hydrogen (secondary N) is 2. The number of nitrogens with zero attached hydrogens (tertiary/aromatic N) is 2. The summed E-state index contributed by atoms with van der Waals surface area (Å²) < 4.78 is 5.92. The summed E-state index contributed by atoms with van der Waals surface area (Å²) in [6.07, 6.45) is 0. The molecule has 0 saturated heterocycles. The highest BCUT2D eigenvalue weighted by Gasteiger charge is 2.22. The molecule has 2 aromatic rings. The summed E-state index contributed by atoms with van der Waals surface area (Å²) in [6, 6.07) is 17.6. The second kappa shape index (κ2) is 11.4. The number of likely N-dealkylation sites (N-methyl/N-ethyl adjacent to an activating group) is 1. The van der Waals surface area contributed by atoms with Gasteiger partial charge in [0.1, 0.15) is 18.0 Å². The first-order chi connectivity index (χ1) is 13.9. The second-order valence-corrected chi connectivity index (χ2v) is 7.45. The molecular formula is C23H34N4O2. The van der Waals surface area contributed by atoms with E-state index in [1.54, 1.807) is 6.92 Å². The minimum Gasteiger partial charge on any atom is -0.492 e. The van der Waals surface area contributed by atoms with Gasteiger partial charge >= 0.3 is 0 Å². The fourth-order valence-electron chi connectivity index (χ4n) is 2.77. The molecule has 158 valence electrons. The van der Waals surface area contributed by atoms with Gasteiger partial charge in [-0.1, -0.05) is 48.5 Å². The number of para-hydroxylation sites is 1. The predicted octanol–water partition coefficient (Wildman–Crippen LogP) is 2.59. The van der Waals surface area contributed by atoms with Gasteiger partial charge in [0.2, 0.25) is 0 Å². The van der Waals surface area contributed by atoms with Crippen LogP contribution in [0.5, 0.6) is 5.75 Å². The van der Waals surface area contributed by atoms with Crippen LogP contribution in [0.4, 0.5) is 0 Å². The number of guanidine groups is 1. The normalized spacial score (nSPS) is 13.8. The van der Waals surface area contributed by atoms with Crippen molar-refractivity contribution in [3.63, 3.8) is 0 Å². The molecule has 3 N–H and O–H groups in total. The first-order valence-electron chi connectivity index (χ1n) is 10.1. The lowest BCUT2D eigenvalue weighted by Crippen LogP contribution is -2.44. The zero-order valence-electron chi connectivity index (χ0n) is 18.0. The molecule has 1 unspecified atom stereocenters. The van der Waals surface area contributed by atoms with Crippen LogP contribution in [0, 0.1) is 0 Å². The molecule has 0 amide bonds. The standard InChI is InChI=1S/C23H34N4O2/c1-5-24-22(26-18-23(2,28)20-12-7-6-8-13-20)25-17-19-11-9-10-14-21(19)29-16-15-27(3)4/h6-14,28H,5,15-18H2,1-4H3,(H2,24,25,26). The zero-order valence-corrected chi connectivity index (χ0v) is 18.0. The van der Waals surface area contributed by atoms with E-state index >= 15 is 0 Å². The van der Waals surface area contributed by atoms with Crippen molar-refractivity contribution in [1.82, 2.24) is 15.5 Å². The van der Waals surface area contributed by atoms with E-state index in [9.17, 15) is 5.11 Å². The molecule has 0 spiro atoms. The lowest BCUT2D eigenvalue weighted by atomic mass is 9.96. The van der Waals surface area contributed by atoms with Crippen molar-refractivity contribution in [2.75, 3.05) is 40.3 Å². The Kier molecular flexibility index (Phi) is 8.96. The predicted molar refractivity (Wildman–Crippen MR) is 119 cm³/mol. The van der Waals surface area contributed by atoms with Crippen molar-refractivity contribution in [1.29, 1.82) is 0 Å². The molecule has 2 rings (SSSR count). The number of hydrogen-bond acceptors (Lipinski definition) is 4. The Morgan fingerprint density at radius 3 is 2.45 bits per heavy atom. The summed E-state index contributed by atoms with van der Waals surface area (Å²) >= 11 is 0. The van der Waals surface area contributed by atoms with Gasteiger partial charge in [-0.15, -0.1) is 0 Å². The molecule has 2 aromatic carbocycles. The minimum atomic E-state index is -0.995. The van der Waals surface area contributed by atoms with Gasteiger partial charge in [0, 0.05) is 18.7 Å². The fourth-order valence-corrected chi connectivity index (χ4v) is 2.77. The highest BCUT2D eigenvalue weighted by atomic mass is 16.5. The molecule has 29 heavy (non-hydrogen) atoms. The average molecular weight is 399 g/mol. The van der Waals surface area contributed by atoms with Crippen LogP contribution in [-0.4, -0.2) is 56.3 Å². The van der Waals surface area contributed by atoms with Crippen LogP contribution >= 0.6 is 0 Å². The van der Waals surface area contributed by atoms with Crippen molar-refractivity contribution < 1.29 is 9.84 Å². The minimum absolute atomic E-state index is 0.351. The maximum atomic E-state index is 10.8. The van der Waals surface area contributed by atoms with E-state index in [0.717, 1.165) is 30.0 Å². The number of rotatable bonds is 10. The Hall–Kier alpha value is -2.57. The summed E-state index contributed by atoms with van der Waals surface area (Å²) in [6.45, 7) is 6.88. The molecule has 6 heteroatoms. The molecule has 0 aliphatic heterocycles. The van der Waals surface area contributed by atoms with Gasteiger partial charge in [-0.25, -0.2) is 4.99 Å². The van der Waals surface area contributed by atoms with E-state index in [2.05, 4.69) is 20.5 Å². The molecule has 0 aliphatic carbocycles. The molecule has 0 saturated carbocycles. The first kappa shape index (κ1) is 22.7. The quantitative estimate of drug-likeness (QED) is 0.424. The smallest absolute Gasteiger partial charge is 0.191 e. The maximum absolute atomic E-state index is 10.8. The van der Waals surface area contributed by atoms with E-state index in [-0.39, 0.29) is 0 Å². The Bertz CT molecular complexity index is 760. The third-order valence-electron chi connectivity index (χ3n) is 4.52. The first-order valence-corrected chi connectivity index (χ1v) is 10.1. The third kappa shape index (κ3) is 7.75. The lowest BCUT2D eigenvalue weighted by Gasteiger charge is -2.25. The zero-order chi connectivity index (χ0) is 21.1. The van der Waals surface area contributed by atoms with E-state index in [1.807, 2.05) is 75.6 Å². The van der Waals surface area contributed by atoms with Crippen molar-refractivity contribution in [3.8, 4) is 5.75 Å². The van der Waals surface area contributed by atoms with E-state index in [4.69, 9.17) is 4.74 Å². The van der Waals surface area contributed by atoms with Crippen molar-refractivity contribution in [2.45, 2.75) is 26.0 Å². The number of benzene rings is 2. The Morgan fingerprint density at radius 2 is 1.76 bits per heavy atom. The largest absolute Gasteiger partial charge is 0.492 e. The summed E-state index contributed by atoms with van der Waals surface area (Å²) in [5.74, 6) is 1.51. The highest BCUT2D eigenvalue weighted by Crippen LogP contribution is 2.20. The van der Waals surface area contributed by atoms with Crippen LogP contribution in [-0.2, 0) is 12.1 Å². The number of hydrogen-bond donors (Lipinski definition) is 3. The Balaban J connectivity index is 2.02. The van der Waals surface area contributed by atoms with Crippen molar-refractivity contribution in [3.05, 3.63) is 65.7 Å². The van der Waals surface area contributed by atoms with Gasteiger partial charge < -0.3 is 25.4 Å². The Labute approximate surface area is 174 Å². The molecule has 0 heterocycles. The van der Waals surface area contributed by atoms with Crippen molar-refractivity contribution in [2.24, 2.45) is 4.99 Å². The maximum Gasteiger partial charge on any atom is 0.191 e.